The summed E-state index contributed by atoms with van der Waals surface area (Å²) in [4.78, 5) is 13.5. The van der Waals surface area contributed by atoms with Crippen molar-refractivity contribution in [2.24, 2.45) is 5.92 Å². The zero-order valence-electron chi connectivity index (χ0n) is 23.0. The van der Waals surface area contributed by atoms with Crippen LogP contribution in [0.4, 0.5) is 10.1 Å². The molecule has 2 bridgehead atoms. The predicted molar refractivity (Wildman–Crippen MR) is 154 cm³/mol. The van der Waals surface area contributed by atoms with Crippen molar-refractivity contribution in [2.45, 2.75) is 76.4 Å². The minimum Gasteiger partial charge on any atom is -0.373 e. The first-order valence-corrected chi connectivity index (χ1v) is 16.1. The molecule has 6 rings (SSSR count). The van der Waals surface area contributed by atoms with Crippen LogP contribution in [0.2, 0.25) is 5.02 Å². The van der Waals surface area contributed by atoms with Crippen molar-refractivity contribution in [1.29, 1.82) is 0 Å². The lowest BCUT2D eigenvalue weighted by molar-refractivity contribution is -0.119. The normalized spacial score (nSPS) is 22.0. The van der Waals surface area contributed by atoms with Gasteiger partial charge in [-0.25, -0.2) is 12.8 Å². The van der Waals surface area contributed by atoms with Gasteiger partial charge in [-0.3, -0.25) is 9.52 Å². The van der Waals surface area contributed by atoms with Gasteiger partial charge in [0.1, 0.15) is 17.3 Å². The van der Waals surface area contributed by atoms with E-state index in [4.69, 9.17) is 20.9 Å². The number of anilines is 1. The second-order valence-corrected chi connectivity index (χ2v) is 13.5. The van der Waals surface area contributed by atoms with E-state index in [-0.39, 0.29) is 30.0 Å². The van der Waals surface area contributed by atoms with Crippen LogP contribution in [0.1, 0.15) is 67.4 Å². The third-order valence-corrected chi connectivity index (χ3v) is 9.98. The van der Waals surface area contributed by atoms with E-state index < -0.39 is 27.5 Å². The van der Waals surface area contributed by atoms with Gasteiger partial charge in [0.15, 0.2) is 0 Å². The summed E-state index contributed by atoms with van der Waals surface area (Å²) in [6.07, 6.45) is 3.92. The molecule has 1 saturated heterocycles. The third kappa shape index (κ3) is 5.74. The van der Waals surface area contributed by atoms with Crippen LogP contribution in [0.5, 0.6) is 0 Å². The molecule has 0 spiro atoms. The molecule has 3 atom stereocenters. The van der Waals surface area contributed by atoms with Gasteiger partial charge in [-0.1, -0.05) is 41.9 Å². The summed E-state index contributed by atoms with van der Waals surface area (Å²) in [6.45, 7) is 4.62. The van der Waals surface area contributed by atoms with Gasteiger partial charge in [-0.2, -0.15) is 0 Å². The van der Waals surface area contributed by atoms with Crippen LogP contribution in [0.3, 0.4) is 0 Å². The Morgan fingerprint density at radius 2 is 2.05 bits per heavy atom. The molecule has 2 saturated carbocycles. The molecule has 2 heterocycles. The molecule has 2 aliphatic carbocycles. The van der Waals surface area contributed by atoms with Gasteiger partial charge in [-0.15, -0.1) is 0 Å². The number of halogens is 2. The predicted octanol–water partition coefficient (Wildman–Crippen LogP) is 5.86. The first kappa shape index (κ1) is 28.2. The number of nitrogens with one attached hydrogen (secondary N) is 1. The monoisotopic (exact) mass is 601 g/mol. The third-order valence-electron chi connectivity index (χ3n) is 8.41. The molecule has 1 aromatic heterocycles. The van der Waals surface area contributed by atoms with Crippen LogP contribution >= 0.6 is 11.6 Å². The van der Waals surface area contributed by atoms with Gasteiger partial charge in [-0.05, 0) is 61.9 Å². The zero-order valence-corrected chi connectivity index (χ0v) is 24.6. The van der Waals surface area contributed by atoms with Crippen LogP contribution in [0, 0.1) is 18.7 Å². The summed E-state index contributed by atoms with van der Waals surface area (Å²) >= 11 is 6.57. The smallest absolute Gasteiger partial charge is 0.239 e. The van der Waals surface area contributed by atoms with Crippen molar-refractivity contribution in [3.05, 3.63) is 69.7 Å². The number of piperidine rings is 1. The van der Waals surface area contributed by atoms with E-state index in [0.29, 0.717) is 29.8 Å². The first-order chi connectivity index (χ1) is 19.6. The average Bonchev–Trinajstić information content (AvgIpc) is 3.37. The Hall–Kier alpha value is -2.95. The number of benzene rings is 2. The number of amides is 1. The maximum absolute atomic E-state index is 15.2. The number of aryl methyl sites for hydroxylation is 1. The maximum Gasteiger partial charge on any atom is 0.239 e. The SMILES string of the molecule is CCC(=O)NS(=O)(=O)Cc1ccc(N2C[C@@H]3C[C@H]2C[C@H]3OCc2c(-c3c(C)cccc3Cl)noc2C2CC2)c(F)c1. The van der Waals surface area contributed by atoms with E-state index in [1.165, 1.54) is 6.07 Å². The molecule has 0 unspecified atom stereocenters. The molecule has 3 aliphatic rings. The Morgan fingerprint density at radius 1 is 1.24 bits per heavy atom. The van der Waals surface area contributed by atoms with Crippen molar-refractivity contribution >= 4 is 33.2 Å². The van der Waals surface area contributed by atoms with Crippen LogP contribution in [0.15, 0.2) is 40.9 Å². The van der Waals surface area contributed by atoms with Gasteiger partial charge >= 0.3 is 0 Å². The van der Waals surface area contributed by atoms with Crippen molar-refractivity contribution < 1.29 is 26.9 Å². The summed E-state index contributed by atoms with van der Waals surface area (Å²) < 4.78 is 53.9. The Morgan fingerprint density at radius 3 is 2.71 bits per heavy atom. The summed E-state index contributed by atoms with van der Waals surface area (Å²) in [7, 11) is -3.88. The number of carbonyl (C=O) groups is 1. The fourth-order valence-corrected chi connectivity index (χ4v) is 7.72. The second kappa shape index (κ2) is 11.0. The first-order valence-electron chi connectivity index (χ1n) is 14.1. The number of nitrogens with zero attached hydrogens (tertiary/aromatic N) is 2. The standard InChI is InChI=1S/C30H33ClFN3O5S/c1-3-27(36)34-41(37,38)16-18-7-10-25(24(32)11-18)35-14-20-12-21(35)13-26(20)39-15-22-29(33-40-30(22)19-8-9-19)28-17(2)5-4-6-23(28)31/h4-7,10-11,19-21,26H,3,8-9,12-16H2,1-2H3,(H,34,36)/t20-,21-,26+/m0/s1. The molecule has 3 aromatic rings. The van der Waals surface area contributed by atoms with Crippen LogP contribution in [0.25, 0.3) is 11.3 Å². The van der Waals surface area contributed by atoms with Crippen LogP contribution in [-0.2, 0) is 31.9 Å². The summed E-state index contributed by atoms with van der Waals surface area (Å²) in [5, 5.41) is 5.06. The lowest BCUT2D eigenvalue weighted by atomic mass is 10.00. The molecular weight excluding hydrogens is 569 g/mol. The number of rotatable bonds is 10. The minimum atomic E-state index is -3.88. The quantitative estimate of drug-likeness (QED) is 0.310. The molecular formula is C30H33ClFN3O5S. The Labute approximate surface area is 244 Å². The minimum absolute atomic E-state index is 0.0352. The number of aromatic nitrogens is 1. The molecule has 218 valence electrons. The molecule has 1 amide bonds. The fourth-order valence-electron chi connectivity index (χ4n) is 6.23. The molecule has 1 N–H and O–H groups in total. The lowest BCUT2D eigenvalue weighted by Gasteiger charge is -2.33. The van der Waals surface area contributed by atoms with Crippen LogP contribution < -0.4 is 9.62 Å². The van der Waals surface area contributed by atoms with Crippen molar-refractivity contribution in [3.63, 3.8) is 0 Å². The zero-order chi connectivity index (χ0) is 28.9. The molecule has 2 aromatic carbocycles. The summed E-state index contributed by atoms with van der Waals surface area (Å²) in [6, 6.07) is 10.4. The molecule has 1 aliphatic heterocycles. The van der Waals surface area contributed by atoms with E-state index in [2.05, 4.69) is 10.1 Å². The molecule has 41 heavy (non-hydrogen) atoms. The number of hydrogen-bond donors (Lipinski definition) is 1. The van der Waals surface area contributed by atoms with E-state index >= 15 is 4.39 Å². The highest BCUT2D eigenvalue weighted by Gasteiger charge is 2.46. The van der Waals surface area contributed by atoms with Gasteiger partial charge in [0, 0.05) is 42.0 Å². The number of ether oxygens (including phenoxy) is 1. The van der Waals surface area contributed by atoms with Crippen LogP contribution in [-0.4, -0.2) is 38.2 Å². The Bertz CT molecular complexity index is 1570. The number of carbonyl (C=O) groups excluding carboxylic acids is 1. The van der Waals surface area contributed by atoms with E-state index in [1.54, 1.807) is 19.1 Å². The Kier molecular flexibility index (Phi) is 7.59. The van der Waals surface area contributed by atoms with Gasteiger partial charge in [0.25, 0.3) is 0 Å². The highest BCUT2D eigenvalue weighted by Crippen LogP contribution is 2.47. The summed E-state index contributed by atoms with van der Waals surface area (Å²) in [5.41, 5.74) is 4.37. The number of sulfonamides is 1. The fraction of sp³-hybridized carbons (Fsp3) is 0.467. The second-order valence-electron chi connectivity index (χ2n) is 11.4. The molecule has 11 heteroatoms. The molecule has 8 nitrogen and oxygen atoms in total. The lowest BCUT2D eigenvalue weighted by Crippen LogP contribution is -2.39. The van der Waals surface area contributed by atoms with Crippen molar-refractivity contribution in [3.8, 4) is 11.3 Å². The van der Waals surface area contributed by atoms with Gasteiger partial charge < -0.3 is 14.2 Å². The topological polar surface area (TPSA) is 102 Å². The maximum atomic E-state index is 15.2. The molecule has 3 fully saturated rings. The van der Waals surface area contributed by atoms with Gasteiger partial charge in [0.05, 0.1) is 29.2 Å². The van der Waals surface area contributed by atoms with Crippen molar-refractivity contribution in [2.75, 3.05) is 11.4 Å². The number of hydrogen-bond acceptors (Lipinski definition) is 7. The van der Waals surface area contributed by atoms with Gasteiger partial charge in [0.2, 0.25) is 15.9 Å². The van der Waals surface area contributed by atoms with E-state index in [0.717, 1.165) is 53.8 Å². The number of fused-ring (bicyclic) bond motifs is 2. The van der Waals surface area contributed by atoms with E-state index in [9.17, 15) is 13.2 Å². The highest BCUT2D eigenvalue weighted by atomic mass is 35.5. The van der Waals surface area contributed by atoms with Crippen molar-refractivity contribution in [1.82, 2.24) is 9.88 Å². The average molecular weight is 602 g/mol. The Balaban J connectivity index is 1.12. The molecule has 0 radical (unpaired) electrons. The highest BCUT2D eigenvalue weighted by molar-refractivity contribution is 7.89. The van der Waals surface area contributed by atoms with E-state index in [1.807, 2.05) is 29.8 Å². The summed E-state index contributed by atoms with van der Waals surface area (Å²) in [5.74, 6) is -0.00457. The largest absolute Gasteiger partial charge is 0.373 e.